The SMILES string of the molecule is CC.[O-][N+]12CCC(CC1)CC2. The number of quaternary nitrogens is 1. The summed E-state index contributed by atoms with van der Waals surface area (Å²) in [6, 6.07) is 0. The van der Waals surface area contributed by atoms with Gasteiger partial charge in [0.25, 0.3) is 0 Å². The maximum absolute atomic E-state index is 11.5. The van der Waals surface area contributed by atoms with E-state index in [1.807, 2.05) is 13.8 Å². The first kappa shape index (κ1) is 9.01. The van der Waals surface area contributed by atoms with Gasteiger partial charge in [0.1, 0.15) is 0 Å². The molecule has 3 aliphatic heterocycles. The molecule has 0 atom stereocenters. The number of rotatable bonds is 0. The lowest BCUT2D eigenvalue weighted by molar-refractivity contribution is -0.896. The van der Waals surface area contributed by atoms with Crippen LogP contribution in [0.5, 0.6) is 0 Å². The van der Waals surface area contributed by atoms with Crippen LogP contribution in [0.3, 0.4) is 0 Å². The summed E-state index contributed by atoms with van der Waals surface area (Å²) < 4.78 is 0.135. The second kappa shape index (κ2) is 3.55. The second-order valence-corrected chi connectivity index (χ2v) is 3.46. The molecule has 0 radical (unpaired) electrons. The average Bonchev–Trinajstić information content (AvgIpc) is 2.10. The van der Waals surface area contributed by atoms with Gasteiger partial charge in [0, 0.05) is 19.3 Å². The third-order valence-electron chi connectivity index (χ3n) is 2.83. The summed E-state index contributed by atoms with van der Waals surface area (Å²) in [6.45, 7) is 6.72. The lowest BCUT2D eigenvalue weighted by Gasteiger charge is -2.52. The normalized spacial score (nSPS) is 41.2. The number of hydrogen-bond donors (Lipinski definition) is 0. The third-order valence-corrected chi connectivity index (χ3v) is 2.83. The van der Waals surface area contributed by atoms with Gasteiger partial charge in [-0.25, -0.2) is 0 Å². The van der Waals surface area contributed by atoms with Crippen LogP contribution < -0.4 is 0 Å². The van der Waals surface area contributed by atoms with Gasteiger partial charge in [-0.15, -0.1) is 0 Å². The number of piperidine rings is 3. The summed E-state index contributed by atoms with van der Waals surface area (Å²) in [6.07, 6.45) is 3.59. The Kier molecular flexibility index (Phi) is 2.90. The summed E-state index contributed by atoms with van der Waals surface area (Å²) in [5.74, 6) is 0.916. The van der Waals surface area contributed by atoms with Crippen molar-refractivity contribution in [2.24, 2.45) is 5.92 Å². The lowest BCUT2D eigenvalue weighted by atomic mass is 9.88. The smallest absolute Gasteiger partial charge is 0.0786 e. The average molecular weight is 157 g/mol. The van der Waals surface area contributed by atoms with Crippen molar-refractivity contribution >= 4 is 0 Å². The maximum atomic E-state index is 11.5. The fourth-order valence-electron chi connectivity index (χ4n) is 2.02. The van der Waals surface area contributed by atoms with Crippen LogP contribution in [0.15, 0.2) is 0 Å². The zero-order chi connectivity index (χ0) is 8.32. The largest absolute Gasteiger partial charge is 0.633 e. The van der Waals surface area contributed by atoms with Crippen molar-refractivity contribution in [1.29, 1.82) is 0 Å². The van der Waals surface area contributed by atoms with Gasteiger partial charge < -0.3 is 9.85 Å². The summed E-state index contributed by atoms with van der Waals surface area (Å²) in [7, 11) is 0. The van der Waals surface area contributed by atoms with Crippen LogP contribution in [0, 0.1) is 11.1 Å². The van der Waals surface area contributed by atoms with Crippen molar-refractivity contribution in [2.75, 3.05) is 19.6 Å². The minimum absolute atomic E-state index is 0.135. The van der Waals surface area contributed by atoms with Gasteiger partial charge in [0.2, 0.25) is 0 Å². The van der Waals surface area contributed by atoms with Crippen molar-refractivity contribution < 1.29 is 4.65 Å². The van der Waals surface area contributed by atoms with Crippen molar-refractivity contribution in [3.05, 3.63) is 5.21 Å². The molecule has 3 aliphatic rings. The van der Waals surface area contributed by atoms with E-state index < -0.39 is 0 Å². The molecule has 0 saturated carbocycles. The summed E-state index contributed by atoms with van der Waals surface area (Å²) in [4.78, 5) is 0. The highest BCUT2D eigenvalue weighted by molar-refractivity contribution is 4.71. The first-order valence-corrected chi connectivity index (χ1v) is 4.86. The van der Waals surface area contributed by atoms with Crippen LogP contribution in [-0.2, 0) is 0 Å². The first-order chi connectivity index (χ1) is 5.29. The Hall–Kier alpha value is -0.0800. The Bertz CT molecular complexity index is 103. The molecule has 2 nitrogen and oxygen atoms in total. The molecule has 0 unspecified atom stereocenters. The third kappa shape index (κ3) is 1.94. The Morgan fingerprint density at radius 3 is 1.55 bits per heavy atom. The van der Waals surface area contributed by atoms with E-state index in [0.717, 1.165) is 25.6 Å². The molecule has 2 bridgehead atoms. The van der Waals surface area contributed by atoms with Crippen LogP contribution in [0.2, 0.25) is 0 Å². The second-order valence-electron chi connectivity index (χ2n) is 3.46. The summed E-state index contributed by atoms with van der Waals surface area (Å²) in [5, 5.41) is 11.5. The molecule has 0 aliphatic carbocycles. The van der Waals surface area contributed by atoms with Crippen LogP contribution in [-0.4, -0.2) is 24.3 Å². The standard InChI is InChI=1S/C7H13NO.C2H6/c9-8-4-1-7(2-5-8)3-6-8;1-2/h7H,1-6H2;1-2H3. The zero-order valence-corrected chi connectivity index (χ0v) is 7.68. The molecule has 2 heteroatoms. The Morgan fingerprint density at radius 1 is 1.00 bits per heavy atom. The van der Waals surface area contributed by atoms with Crippen LogP contribution in [0.1, 0.15) is 33.1 Å². The fourth-order valence-corrected chi connectivity index (χ4v) is 2.02. The molecule has 66 valence electrons. The van der Waals surface area contributed by atoms with Crippen molar-refractivity contribution in [1.82, 2.24) is 0 Å². The molecule has 3 rings (SSSR count). The molecule has 0 spiro atoms. The summed E-state index contributed by atoms with van der Waals surface area (Å²) in [5.41, 5.74) is 0. The number of hydrogen-bond acceptors (Lipinski definition) is 1. The molecule has 0 aromatic heterocycles. The molecule has 0 N–H and O–H groups in total. The van der Waals surface area contributed by atoms with Gasteiger partial charge in [0.05, 0.1) is 19.6 Å². The first-order valence-electron chi connectivity index (χ1n) is 4.86. The predicted octanol–water partition coefficient (Wildman–Crippen LogP) is 2.14. The van der Waals surface area contributed by atoms with Gasteiger partial charge in [-0.2, -0.15) is 0 Å². The highest BCUT2D eigenvalue weighted by Crippen LogP contribution is 2.31. The zero-order valence-electron chi connectivity index (χ0n) is 7.68. The predicted molar refractivity (Wildman–Crippen MR) is 46.9 cm³/mol. The Balaban J connectivity index is 0.000000281. The topological polar surface area (TPSA) is 23.1 Å². The maximum Gasteiger partial charge on any atom is 0.0786 e. The van der Waals surface area contributed by atoms with Crippen LogP contribution in [0.4, 0.5) is 0 Å². The molecular formula is C9H19NO. The molecular weight excluding hydrogens is 138 g/mol. The number of hydroxylamine groups is 3. The van der Waals surface area contributed by atoms with E-state index in [4.69, 9.17) is 0 Å². The fraction of sp³-hybridized carbons (Fsp3) is 1.00. The molecule has 0 aromatic carbocycles. The van der Waals surface area contributed by atoms with Gasteiger partial charge in [0.15, 0.2) is 0 Å². The molecule has 3 heterocycles. The molecule has 0 amide bonds. The van der Waals surface area contributed by atoms with E-state index in [2.05, 4.69) is 0 Å². The van der Waals surface area contributed by atoms with Crippen molar-refractivity contribution in [3.63, 3.8) is 0 Å². The molecule has 3 saturated heterocycles. The number of nitrogens with zero attached hydrogens (tertiary/aromatic N) is 1. The minimum atomic E-state index is 0.135. The van der Waals surface area contributed by atoms with Crippen molar-refractivity contribution in [2.45, 2.75) is 33.1 Å². The van der Waals surface area contributed by atoms with Crippen LogP contribution >= 0.6 is 0 Å². The highest BCUT2D eigenvalue weighted by atomic mass is 16.5. The molecule has 0 aromatic rings. The van der Waals surface area contributed by atoms with E-state index in [0.29, 0.717) is 0 Å². The minimum Gasteiger partial charge on any atom is -0.633 e. The molecule has 11 heavy (non-hydrogen) atoms. The Morgan fingerprint density at radius 2 is 1.36 bits per heavy atom. The molecule has 3 fully saturated rings. The summed E-state index contributed by atoms with van der Waals surface area (Å²) >= 11 is 0. The van der Waals surface area contributed by atoms with Gasteiger partial charge >= 0.3 is 0 Å². The van der Waals surface area contributed by atoms with E-state index in [1.54, 1.807) is 0 Å². The van der Waals surface area contributed by atoms with Gasteiger partial charge in [-0.05, 0) is 5.92 Å². The quantitative estimate of drug-likeness (QED) is 0.390. The van der Waals surface area contributed by atoms with E-state index in [-0.39, 0.29) is 4.65 Å². The van der Waals surface area contributed by atoms with E-state index in [1.165, 1.54) is 19.3 Å². The highest BCUT2D eigenvalue weighted by Gasteiger charge is 2.33. The van der Waals surface area contributed by atoms with Gasteiger partial charge in [-0.1, -0.05) is 13.8 Å². The van der Waals surface area contributed by atoms with Crippen LogP contribution in [0.25, 0.3) is 0 Å². The van der Waals surface area contributed by atoms with E-state index >= 15 is 0 Å². The van der Waals surface area contributed by atoms with Gasteiger partial charge in [-0.3, -0.25) is 0 Å². The lowest BCUT2D eigenvalue weighted by Crippen LogP contribution is -2.53. The Labute approximate surface area is 69.4 Å². The van der Waals surface area contributed by atoms with Crippen molar-refractivity contribution in [3.8, 4) is 0 Å². The monoisotopic (exact) mass is 157 g/mol. The van der Waals surface area contributed by atoms with E-state index in [9.17, 15) is 5.21 Å². The number of fused-ring (bicyclic) bond motifs is 3.